The first kappa shape index (κ1) is 20.6. The molecule has 0 N–H and O–H groups in total. The standard InChI is InChI=1S/C20H19F2N3O4S/c21-15-8-9-16(22)18(11-15)30(26,27)25-10-4-7-17(25)20-23-19(29-24-20)13-28-12-14-5-2-1-3-6-14/h1-3,5-6,8-9,11,17H,4,7,10,12-13H2. The van der Waals surface area contributed by atoms with Gasteiger partial charge in [0.2, 0.25) is 10.0 Å². The molecule has 7 nitrogen and oxygen atoms in total. The molecule has 0 amide bonds. The number of rotatable bonds is 7. The highest BCUT2D eigenvalue weighted by molar-refractivity contribution is 7.89. The van der Waals surface area contributed by atoms with Gasteiger partial charge in [-0.1, -0.05) is 35.5 Å². The zero-order valence-electron chi connectivity index (χ0n) is 15.9. The second kappa shape index (κ2) is 8.58. The van der Waals surface area contributed by atoms with Crippen LogP contribution in [0.25, 0.3) is 0 Å². The van der Waals surface area contributed by atoms with E-state index in [0.717, 1.165) is 22.0 Å². The third-order valence-electron chi connectivity index (χ3n) is 4.80. The SMILES string of the molecule is O=S(=O)(c1cc(F)ccc1F)N1CCCC1c1noc(COCc2ccccc2)n1. The molecule has 4 rings (SSSR count). The number of ether oxygens (including phenoxy) is 1. The van der Waals surface area contributed by atoms with Gasteiger partial charge in [-0.25, -0.2) is 17.2 Å². The van der Waals surface area contributed by atoms with Gasteiger partial charge in [0.05, 0.1) is 12.6 Å². The van der Waals surface area contributed by atoms with Crippen molar-refractivity contribution in [1.29, 1.82) is 0 Å². The molecule has 3 aromatic rings. The molecular formula is C20H19F2N3O4S. The summed E-state index contributed by atoms with van der Waals surface area (Å²) in [7, 11) is -4.27. The van der Waals surface area contributed by atoms with E-state index in [1.807, 2.05) is 30.3 Å². The monoisotopic (exact) mass is 435 g/mol. The van der Waals surface area contributed by atoms with Crippen LogP contribution < -0.4 is 0 Å². The molecule has 0 spiro atoms. The van der Waals surface area contributed by atoms with E-state index in [-0.39, 0.29) is 24.9 Å². The Morgan fingerprint density at radius 2 is 1.93 bits per heavy atom. The molecule has 1 aliphatic heterocycles. The zero-order chi connectivity index (χ0) is 21.1. The molecule has 2 aromatic carbocycles. The third kappa shape index (κ3) is 4.25. The van der Waals surface area contributed by atoms with E-state index in [1.165, 1.54) is 0 Å². The van der Waals surface area contributed by atoms with E-state index >= 15 is 0 Å². The van der Waals surface area contributed by atoms with Gasteiger partial charge in [-0.2, -0.15) is 9.29 Å². The number of halogens is 2. The predicted octanol–water partition coefficient (Wildman–Crippen LogP) is 3.59. The number of benzene rings is 2. The van der Waals surface area contributed by atoms with E-state index in [4.69, 9.17) is 9.26 Å². The topological polar surface area (TPSA) is 85.5 Å². The van der Waals surface area contributed by atoms with Crippen molar-refractivity contribution in [3.05, 3.63) is 77.4 Å². The van der Waals surface area contributed by atoms with Crippen LogP contribution in [0, 0.1) is 11.6 Å². The van der Waals surface area contributed by atoms with E-state index < -0.39 is 32.6 Å². The molecule has 158 valence electrons. The van der Waals surface area contributed by atoms with Crippen LogP contribution in [0.4, 0.5) is 8.78 Å². The average molecular weight is 435 g/mol. The van der Waals surface area contributed by atoms with Crippen molar-refractivity contribution in [2.24, 2.45) is 0 Å². The number of nitrogens with zero attached hydrogens (tertiary/aromatic N) is 3. The normalized spacial score (nSPS) is 17.5. The predicted molar refractivity (Wildman–Crippen MR) is 101 cm³/mol. The van der Waals surface area contributed by atoms with Crippen molar-refractivity contribution in [2.45, 2.75) is 37.0 Å². The summed E-state index contributed by atoms with van der Waals surface area (Å²) in [5, 5.41) is 3.88. The summed E-state index contributed by atoms with van der Waals surface area (Å²) in [5.41, 5.74) is 0.988. The third-order valence-corrected chi connectivity index (χ3v) is 6.73. The van der Waals surface area contributed by atoms with Crippen molar-refractivity contribution < 1.29 is 26.5 Å². The van der Waals surface area contributed by atoms with Crippen LogP contribution in [-0.4, -0.2) is 29.4 Å². The van der Waals surface area contributed by atoms with Gasteiger partial charge in [-0.15, -0.1) is 0 Å². The van der Waals surface area contributed by atoms with Crippen LogP contribution in [0.15, 0.2) is 57.9 Å². The summed E-state index contributed by atoms with van der Waals surface area (Å²) >= 11 is 0. The fourth-order valence-electron chi connectivity index (χ4n) is 3.38. The van der Waals surface area contributed by atoms with Crippen LogP contribution in [0.2, 0.25) is 0 Å². The molecular weight excluding hydrogens is 416 g/mol. The molecule has 0 aliphatic carbocycles. The molecule has 30 heavy (non-hydrogen) atoms. The van der Waals surface area contributed by atoms with Gasteiger partial charge in [0.1, 0.15) is 23.1 Å². The minimum atomic E-state index is -4.27. The average Bonchev–Trinajstić information content (AvgIpc) is 3.40. The first-order valence-corrected chi connectivity index (χ1v) is 10.8. The van der Waals surface area contributed by atoms with Crippen molar-refractivity contribution in [3.63, 3.8) is 0 Å². The van der Waals surface area contributed by atoms with E-state index in [0.29, 0.717) is 25.5 Å². The first-order valence-electron chi connectivity index (χ1n) is 9.36. The van der Waals surface area contributed by atoms with Crippen LogP contribution in [0.5, 0.6) is 0 Å². The molecule has 0 radical (unpaired) electrons. The largest absolute Gasteiger partial charge is 0.367 e. The molecule has 1 saturated heterocycles. The fraction of sp³-hybridized carbons (Fsp3) is 0.300. The molecule has 1 fully saturated rings. The van der Waals surface area contributed by atoms with Crippen molar-refractivity contribution in [2.75, 3.05) is 6.54 Å². The van der Waals surface area contributed by atoms with Crippen LogP contribution in [0.3, 0.4) is 0 Å². The Morgan fingerprint density at radius 3 is 2.73 bits per heavy atom. The van der Waals surface area contributed by atoms with E-state index in [9.17, 15) is 17.2 Å². The second-order valence-electron chi connectivity index (χ2n) is 6.87. The molecule has 1 aliphatic rings. The summed E-state index contributed by atoms with van der Waals surface area (Å²) in [6, 6.07) is 11.2. The van der Waals surface area contributed by atoms with Gasteiger partial charge in [-0.05, 0) is 36.6 Å². The summed E-state index contributed by atoms with van der Waals surface area (Å²) in [4.78, 5) is 3.54. The number of aromatic nitrogens is 2. The highest BCUT2D eigenvalue weighted by Crippen LogP contribution is 2.36. The van der Waals surface area contributed by atoms with Gasteiger partial charge in [-0.3, -0.25) is 0 Å². The van der Waals surface area contributed by atoms with Gasteiger partial charge in [0, 0.05) is 6.54 Å². The van der Waals surface area contributed by atoms with E-state index in [1.54, 1.807) is 0 Å². The van der Waals surface area contributed by atoms with Crippen molar-refractivity contribution in [3.8, 4) is 0 Å². The molecule has 1 aromatic heterocycles. The number of hydrogen-bond donors (Lipinski definition) is 0. The van der Waals surface area contributed by atoms with E-state index in [2.05, 4.69) is 10.1 Å². The maximum Gasteiger partial charge on any atom is 0.252 e. The molecule has 0 bridgehead atoms. The summed E-state index contributed by atoms with van der Waals surface area (Å²) in [6.07, 6.45) is 0.981. The Hall–Kier alpha value is -2.69. The Balaban J connectivity index is 1.48. The first-order chi connectivity index (χ1) is 14.4. The molecule has 0 saturated carbocycles. The fourth-order valence-corrected chi connectivity index (χ4v) is 5.11. The Labute approximate surface area is 172 Å². The Morgan fingerprint density at radius 1 is 1.13 bits per heavy atom. The maximum absolute atomic E-state index is 14.1. The Bertz CT molecular complexity index is 1120. The molecule has 2 heterocycles. The number of sulfonamides is 1. The Kier molecular flexibility index (Phi) is 5.89. The van der Waals surface area contributed by atoms with Crippen LogP contribution >= 0.6 is 0 Å². The van der Waals surface area contributed by atoms with Crippen LogP contribution in [-0.2, 0) is 28.0 Å². The minimum absolute atomic E-state index is 0.0693. The minimum Gasteiger partial charge on any atom is -0.367 e. The lowest BCUT2D eigenvalue weighted by molar-refractivity contribution is 0.0850. The van der Waals surface area contributed by atoms with Gasteiger partial charge < -0.3 is 9.26 Å². The highest BCUT2D eigenvalue weighted by Gasteiger charge is 2.40. The van der Waals surface area contributed by atoms with Gasteiger partial charge in [0.25, 0.3) is 5.89 Å². The quantitative estimate of drug-likeness (QED) is 0.564. The molecule has 10 heteroatoms. The summed E-state index contributed by atoms with van der Waals surface area (Å²) < 4.78 is 65.3. The smallest absolute Gasteiger partial charge is 0.252 e. The van der Waals surface area contributed by atoms with Gasteiger partial charge >= 0.3 is 0 Å². The maximum atomic E-state index is 14.1. The van der Waals surface area contributed by atoms with Crippen LogP contribution in [0.1, 0.15) is 36.2 Å². The van der Waals surface area contributed by atoms with Crippen molar-refractivity contribution >= 4 is 10.0 Å². The van der Waals surface area contributed by atoms with Crippen molar-refractivity contribution in [1.82, 2.24) is 14.4 Å². The lowest BCUT2D eigenvalue weighted by atomic mass is 10.2. The lowest BCUT2D eigenvalue weighted by Gasteiger charge is -2.21. The second-order valence-corrected chi connectivity index (χ2v) is 8.73. The lowest BCUT2D eigenvalue weighted by Crippen LogP contribution is -2.32. The zero-order valence-corrected chi connectivity index (χ0v) is 16.7. The molecule has 1 unspecified atom stereocenters. The summed E-state index contributed by atoms with van der Waals surface area (Å²) in [5.74, 6) is -1.46. The van der Waals surface area contributed by atoms with Gasteiger partial charge in [0.15, 0.2) is 5.82 Å². The highest BCUT2D eigenvalue weighted by atomic mass is 32.2. The molecule has 1 atom stereocenters. The number of hydrogen-bond acceptors (Lipinski definition) is 6. The summed E-state index contributed by atoms with van der Waals surface area (Å²) in [6.45, 7) is 0.582.